The molecule has 0 radical (unpaired) electrons. The molecule has 0 atom stereocenters. The van der Waals surface area contributed by atoms with Crippen LogP contribution in [0.25, 0.3) is 40.0 Å². The minimum Gasteiger partial charge on any atom is -0.478 e. The maximum Gasteiger partial charge on any atom is 0.336 e. The van der Waals surface area contributed by atoms with Crippen LogP contribution in [0.15, 0.2) is 67.1 Å². The number of nitrogens with zero attached hydrogens (tertiary/aromatic N) is 6. The minimum absolute atomic E-state index is 0.233. The van der Waals surface area contributed by atoms with Crippen LogP contribution in [-0.2, 0) is 4.74 Å². The highest BCUT2D eigenvalue weighted by atomic mass is 16.5. The molecule has 0 bridgehead atoms. The standard InChI is InChI=1S/C27H22N6O3/c34-27(35)21-4-1-5-22-20(21)8-6-19(30-22)7-9-23-25(18-3-2-11-28-17-18)33-26(31-23)24(10-12-29-33)32-13-15-36-16-14-32/h1-12,17H,13-16H2,(H,34,35)/b9-7+. The topological polar surface area (TPSA) is 106 Å². The third kappa shape index (κ3) is 3.95. The Morgan fingerprint density at radius 3 is 2.67 bits per heavy atom. The monoisotopic (exact) mass is 478 g/mol. The van der Waals surface area contributed by atoms with Crippen molar-refractivity contribution in [2.24, 2.45) is 0 Å². The summed E-state index contributed by atoms with van der Waals surface area (Å²) in [5.74, 6) is -0.972. The molecule has 0 unspecified atom stereocenters. The van der Waals surface area contributed by atoms with E-state index in [1.54, 1.807) is 36.8 Å². The van der Waals surface area contributed by atoms with E-state index in [2.05, 4.69) is 20.0 Å². The molecule has 0 spiro atoms. The molecule has 1 saturated heterocycles. The van der Waals surface area contributed by atoms with Gasteiger partial charge in [-0.25, -0.2) is 19.3 Å². The summed E-state index contributed by atoms with van der Waals surface area (Å²) < 4.78 is 7.38. The molecule has 0 saturated carbocycles. The summed E-state index contributed by atoms with van der Waals surface area (Å²) in [6.45, 7) is 2.93. The second-order valence-electron chi connectivity index (χ2n) is 8.39. The van der Waals surface area contributed by atoms with Crippen LogP contribution in [0.4, 0.5) is 5.69 Å². The number of anilines is 1. The van der Waals surface area contributed by atoms with Gasteiger partial charge in [-0.2, -0.15) is 5.10 Å². The second kappa shape index (κ2) is 9.20. The Kier molecular flexibility index (Phi) is 5.59. The number of pyridine rings is 2. The van der Waals surface area contributed by atoms with E-state index in [1.165, 1.54) is 0 Å². The average molecular weight is 479 g/mol. The normalized spacial score (nSPS) is 14.2. The van der Waals surface area contributed by atoms with Crippen molar-refractivity contribution < 1.29 is 14.6 Å². The summed E-state index contributed by atoms with van der Waals surface area (Å²) in [7, 11) is 0. The first kappa shape index (κ1) is 21.9. The molecule has 5 heterocycles. The van der Waals surface area contributed by atoms with Crippen LogP contribution in [0.2, 0.25) is 0 Å². The third-order valence-electron chi connectivity index (χ3n) is 6.21. The number of hydrogen-bond donors (Lipinski definition) is 1. The molecule has 0 amide bonds. The number of aromatic carboxylic acids is 1. The third-order valence-corrected chi connectivity index (χ3v) is 6.21. The molecule has 1 aliphatic heterocycles. The fraction of sp³-hybridized carbons (Fsp3) is 0.148. The molecular formula is C27H22N6O3. The van der Waals surface area contributed by atoms with Crippen LogP contribution >= 0.6 is 0 Å². The summed E-state index contributed by atoms with van der Waals surface area (Å²) in [5.41, 5.74) is 5.77. The quantitative estimate of drug-likeness (QED) is 0.403. The van der Waals surface area contributed by atoms with E-state index in [-0.39, 0.29) is 5.56 Å². The van der Waals surface area contributed by atoms with Crippen LogP contribution in [0.5, 0.6) is 0 Å². The van der Waals surface area contributed by atoms with Crippen molar-refractivity contribution in [1.82, 2.24) is 24.6 Å². The predicted molar refractivity (Wildman–Crippen MR) is 137 cm³/mol. The van der Waals surface area contributed by atoms with E-state index in [1.807, 2.05) is 47.0 Å². The lowest BCUT2D eigenvalue weighted by molar-refractivity contribution is 0.0699. The van der Waals surface area contributed by atoms with E-state index in [0.717, 1.165) is 41.4 Å². The number of carboxylic acid groups (broad SMARTS) is 1. The van der Waals surface area contributed by atoms with E-state index in [4.69, 9.17) is 9.72 Å². The van der Waals surface area contributed by atoms with E-state index in [0.29, 0.717) is 29.8 Å². The summed E-state index contributed by atoms with van der Waals surface area (Å²) in [6.07, 6.45) is 9.11. The Morgan fingerprint density at radius 1 is 0.972 bits per heavy atom. The molecule has 1 N–H and O–H groups in total. The zero-order valence-corrected chi connectivity index (χ0v) is 19.3. The molecule has 1 fully saturated rings. The number of imidazole rings is 1. The molecule has 6 rings (SSSR count). The zero-order chi connectivity index (χ0) is 24.5. The lowest BCUT2D eigenvalue weighted by atomic mass is 10.1. The highest BCUT2D eigenvalue weighted by Gasteiger charge is 2.20. The number of benzene rings is 1. The second-order valence-corrected chi connectivity index (χ2v) is 8.39. The van der Waals surface area contributed by atoms with Gasteiger partial charge in [-0.15, -0.1) is 0 Å². The molecule has 1 aliphatic rings. The Balaban J connectivity index is 1.46. The van der Waals surface area contributed by atoms with Crippen molar-refractivity contribution in [1.29, 1.82) is 0 Å². The van der Waals surface area contributed by atoms with Gasteiger partial charge in [0, 0.05) is 36.4 Å². The van der Waals surface area contributed by atoms with Gasteiger partial charge < -0.3 is 14.7 Å². The number of carboxylic acids is 1. The smallest absolute Gasteiger partial charge is 0.336 e. The van der Waals surface area contributed by atoms with Gasteiger partial charge in [-0.3, -0.25) is 4.98 Å². The molecule has 9 heteroatoms. The predicted octanol–water partition coefficient (Wildman–Crippen LogP) is 4.04. The highest BCUT2D eigenvalue weighted by Crippen LogP contribution is 2.30. The largest absolute Gasteiger partial charge is 0.478 e. The molecule has 9 nitrogen and oxygen atoms in total. The lowest BCUT2D eigenvalue weighted by Gasteiger charge is -2.28. The first-order chi connectivity index (χ1) is 17.7. The van der Waals surface area contributed by atoms with Gasteiger partial charge in [0.15, 0.2) is 5.65 Å². The van der Waals surface area contributed by atoms with Gasteiger partial charge in [0.05, 0.1) is 47.6 Å². The van der Waals surface area contributed by atoms with Crippen molar-refractivity contribution in [2.45, 2.75) is 0 Å². The molecule has 36 heavy (non-hydrogen) atoms. The number of hydrogen-bond acceptors (Lipinski definition) is 7. The number of carbonyl (C=O) groups is 1. The molecule has 0 aliphatic carbocycles. The van der Waals surface area contributed by atoms with Gasteiger partial charge in [0.1, 0.15) is 5.69 Å². The number of aromatic nitrogens is 5. The Labute approximate surface area is 206 Å². The van der Waals surface area contributed by atoms with Crippen LogP contribution in [0, 0.1) is 0 Å². The van der Waals surface area contributed by atoms with Crippen molar-refractivity contribution in [3.8, 4) is 11.3 Å². The van der Waals surface area contributed by atoms with Crippen LogP contribution in [0.3, 0.4) is 0 Å². The highest BCUT2D eigenvalue weighted by molar-refractivity contribution is 6.02. The van der Waals surface area contributed by atoms with E-state index in [9.17, 15) is 9.90 Å². The first-order valence-corrected chi connectivity index (χ1v) is 11.6. The molecule has 5 aromatic rings. The molecule has 4 aromatic heterocycles. The van der Waals surface area contributed by atoms with Gasteiger partial charge in [-0.05, 0) is 54.6 Å². The maximum atomic E-state index is 11.5. The van der Waals surface area contributed by atoms with Gasteiger partial charge in [-0.1, -0.05) is 6.07 Å². The fourth-order valence-electron chi connectivity index (χ4n) is 4.51. The SMILES string of the molecule is O=C(O)c1cccc2nc(/C=C/c3nc4c(N5CCOCC5)ccnn4c3-c3cccnc3)ccc12. The average Bonchev–Trinajstić information content (AvgIpc) is 3.31. The Morgan fingerprint density at radius 2 is 1.86 bits per heavy atom. The van der Waals surface area contributed by atoms with Crippen LogP contribution in [0.1, 0.15) is 21.7 Å². The van der Waals surface area contributed by atoms with Gasteiger partial charge in [0.2, 0.25) is 0 Å². The van der Waals surface area contributed by atoms with Crippen molar-refractivity contribution in [3.63, 3.8) is 0 Å². The fourth-order valence-corrected chi connectivity index (χ4v) is 4.51. The van der Waals surface area contributed by atoms with E-state index >= 15 is 0 Å². The summed E-state index contributed by atoms with van der Waals surface area (Å²) in [6, 6.07) is 14.5. The molecule has 1 aromatic carbocycles. The zero-order valence-electron chi connectivity index (χ0n) is 19.3. The summed E-state index contributed by atoms with van der Waals surface area (Å²) in [4.78, 5) is 27.7. The summed E-state index contributed by atoms with van der Waals surface area (Å²) in [5, 5.41) is 14.7. The Bertz CT molecular complexity index is 1610. The van der Waals surface area contributed by atoms with Crippen LogP contribution < -0.4 is 4.90 Å². The number of morpholine rings is 1. The summed E-state index contributed by atoms with van der Waals surface area (Å²) >= 11 is 0. The number of fused-ring (bicyclic) bond motifs is 2. The van der Waals surface area contributed by atoms with E-state index < -0.39 is 5.97 Å². The van der Waals surface area contributed by atoms with Crippen molar-refractivity contribution in [2.75, 3.05) is 31.2 Å². The maximum absolute atomic E-state index is 11.5. The lowest BCUT2D eigenvalue weighted by Crippen LogP contribution is -2.36. The number of ether oxygens (including phenoxy) is 1. The van der Waals surface area contributed by atoms with Crippen LogP contribution in [-0.4, -0.2) is 61.9 Å². The Hall–Kier alpha value is -4.63. The molecular weight excluding hydrogens is 456 g/mol. The number of rotatable bonds is 5. The van der Waals surface area contributed by atoms with Crippen molar-refractivity contribution >= 4 is 40.4 Å². The first-order valence-electron chi connectivity index (χ1n) is 11.6. The van der Waals surface area contributed by atoms with Gasteiger partial charge in [0.25, 0.3) is 0 Å². The van der Waals surface area contributed by atoms with Crippen molar-refractivity contribution in [3.05, 3.63) is 84.1 Å². The minimum atomic E-state index is -0.972. The van der Waals surface area contributed by atoms with Gasteiger partial charge >= 0.3 is 5.97 Å². The molecule has 178 valence electrons.